The third kappa shape index (κ3) is 3.68. The Labute approximate surface area is 177 Å². The minimum absolute atomic E-state index is 0.0746. The zero-order valence-electron chi connectivity index (χ0n) is 17.2. The van der Waals surface area contributed by atoms with Crippen molar-refractivity contribution in [3.05, 3.63) is 58.6 Å². The molecule has 1 aliphatic heterocycles. The SMILES string of the molecule is Cn1nc2cc(N(c3ccc(C(=O)N4CCC(F)(F)CC4)cc3)C3CC3)ccn2c1=O. The monoisotopic (exact) mass is 427 g/mol. The van der Waals surface area contributed by atoms with Crippen LogP contribution in [0.3, 0.4) is 0 Å². The maximum atomic E-state index is 13.4. The van der Waals surface area contributed by atoms with Crippen LogP contribution in [0.4, 0.5) is 20.2 Å². The molecule has 0 radical (unpaired) electrons. The molecule has 3 aromatic rings. The number of halogens is 2. The van der Waals surface area contributed by atoms with Crippen molar-refractivity contribution < 1.29 is 13.6 Å². The number of amides is 1. The Hall–Kier alpha value is -3.23. The number of carbonyl (C=O) groups excluding carboxylic acids is 1. The molecular formula is C22H23F2N5O2. The van der Waals surface area contributed by atoms with Gasteiger partial charge < -0.3 is 9.80 Å². The number of rotatable bonds is 4. The number of hydrogen-bond donors (Lipinski definition) is 0. The van der Waals surface area contributed by atoms with Gasteiger partial charge in [-0.15, -0.1) is 0 Å². The van der Waals surface area contributed by atoms with E-state index in [4.69, 9.17) is 0 Å². The van der Waals surface area contributed by atoms with Gasteiger partial charge in [-0.05, 0) is 43.2 Å². The summed E-state index contributed by atoms with van der Waals surface area (Å²) in [7, 11) is 1.62. The van der Waals surface area contributed by atoms with Crippen molar-refractivity contribution in [3.63, 3.8) is 0 Å². The summed E-state index contributed by atoms with van der Waals surface area (Å²) in [5, 5.41) is 4.27. The molecule has 1 saturated carbocycles. The van der Waals surface area contributed by atoms with E-state index in [1.165, 1.54) is 14.0 Å². The number of hydrogen-bond acceptors (Lipinski definition) is 4. The summed E-state index contributed by atoms with van der Waals surface area (Å²) >= 11 is 0. The molecule has 2 aromatic heterocycles. The normalized spacial score (nSPS) is 18.4. The zero-order chi connectivity index (χ0) is 21.8. The highest BCUT2D eigenvalue weighted by molar-refractivity contribution is 5.94. The van der Waals surface area contributed by atoms with Gasteiger partial charge in [0.15, 0.2) is 5.65 Å². The molecule has 0 N–H and O–H groups in total. The van der Waals surface area contributed by atoms with Gasteiger partial charge >= 0.3 is 5.69 Å². The minimum Gasteiger partial charge on any atom is -0.338 e. The number of carbonyl (C=O) groups is 1. The average Bonchev–Trinajstić information content (AvgIpc) is 3.54. The highest BCUT2D eigenvalue weighted by Crippen LogP contribution is 2.38. The van der Waals surface area contributed by atoms with Crippen molar-refractivity contribution in [2.45, 2.75) is 37.6 Å². The molecule has 7 nitrogen and oxygen atoms in total. The number of aryl methyl sites for hydroxylation is 1. The van der Waals surface area contributed by atoms with Crippen molar-refractivity contribution in [2.75, 3.05) is 18.0 Å². The number of piperidine rings is 1. The topological polar surface area (TPSA) is 62.9 Å². The zero-order valence-corrected chi connectivity index (χ0v) is 17.2. The van der Waals surface area contributed by atoms with Crippen molar-refractivity contribution in [1.82, 2.24) is 19.1 Å². The second-order valence-electron chi connectivity index (χ2n) is 8.32. The molecule has 1 aromatic carbocycles. The molecule has 31 heavy (non-hydrogen) atoms. The number of likely N-dealkylation sites (tertiary alicyclic amines) is 1. The molecule has 5 rings (SSSR count). The van der Waals surface area contributed by atoms with Crippen molar-refractivity contribution >= 4 is 22.9 Å². The van der Waals surface area contributed by atoms with E-state index in [0.717, 1.165) is 24.2 Å². The molecule has 0 spiro atoms. The predicted octanol–water partition coefficient (Wildman–Crippen LogP) is 3.20. The van der Waals surface area contributed by atoms with Crippen molar-refractivity contribution in [2.24, 2.45) is 7.05 Å². The lowest BCUT2D eigenvalue weighted by Gasteiger charge is -2.32. The quantitative estimate of drug-likeness (QED) is 0.642. The minimum atomic E-state index is -2.68. The molecule has 9 heteroatoms. The first-order chi connectivity index (χ1) is 14.8. The first kappa shape index (κ1) is 19.7. The third-order valence-corrected chi connectivity index (χ3v) is 6.02. The van der Waals surface area contributed by atoms with E-state index in [2.05, 4.69) is 10.00 Å². The standard InChI is InChI=1S/C22H23F2N5O2/c1-26-21(31)28-11-8-18(14-19(28)25-26)29(17-6-7-17)16-4-2-15(3-5-16)20(30)27-12-9-22(23,24)10-13-27/h2-5,8,11,14,17H,6-7,9-10,12-13H2,1H3. The highest BCUT2D eigenvalue weighted by atomic mass is 19.3. The fraction of sp³-hybridized carbons (Fsp3) is 0.409. The van der Waals surface area contributed by atoms with Gasteiger partial charge in [-0.1, -0.05) is 0 Å². The number of anilines is 2. The number of pyridine rings is 1. The number of aromatic nitrogens is 3. The summed E-state index contributed by atoms with van der Waals surface area (Å²) in [6, 6.07) is 11.4. The fourth-order valence-corrected chi connectivity index (χ4v) is 4.11. The van der Waals surface area contributed by atoms with E-state index < -0.39 is 5.92 Å². The van der Waals surface area contributed by atoms with Crippen LogP contribution in [0, 0.1) is 0 Å². The van der Waals surface area contributed by atoms with Crippen LogP contribution < -0.4 is 10.6 Å². The Morgan fingerprint density at radius 2 is 1.77 bits per heavy atom. The summed E-state index contributed by atoms with van der Waals surface area (Å²) < 4.78 is 29.6. The van der Waals surface area contributed by atoms with Crippen molar-refractivity contribution in [1.29, 1.82) is 0 Å². The van der Waals surface area contributed by atoms with Gasteiger partial charge in [0.2, 0.25) is 0 Å². The van der Waals surface area contributed by atoms with Gasteiger partial charge in [-0.25, -0.2) is 18.3 Å². The molecule has 0 atom stereocenters. The van der Waals surface area contributed by atoms with E-state index in [0.29, 0.717) is 17.3 Å². The number of fused-ring (bicyclic) bond motifs is 1. The lowest BCUT2D eigenvalue weighted by atomic mass is 10.1. The second kappa shape index (κ2) is 7.18. The highest BCUT2D eigenvalue weighted by Gasteiger charge is 2.36. The molecule has 2 aliphatic rings. The van der Waals surface area contributed by atoms with Crippen LogP contribution in [-0.2, 0) is 7.05 Å². The van der Waals surface area contributed by atoms with Crippen LogP contribution in [0.5, 0.6) is 0 Å². The molecule has 0 bridgehead atoms. The van der Waals surface area contributed by atoms with Crippen LogP contribution in [0.1, 0.15) is 36.0 Å². The molecule has 2 fully saturated rings. The summed E-state index contributed by atoms with van der Waals surface area (Å²) in [6.07, 6.45) is 3.27. The van der Waals surface area contributed by atoms with Gasteiger partial charge in [0.05, 0.1) is 0 Å². The van der Waals surface area contributed by atoms with E-state index in [1.54, 1.807) is 25.4 Å². The van der Waals surface area contributed by atoms with Crippen LogP contribution >= 0.6 is 0 Å². The van der Waals surface area contributed by atoms with Crippen LogP contribution in [-0.4, -0.2) is 50.0 Å². The Morgan fingerprint density at radius 1 is 1.10 bits per heavy atom. The molecule has 0 unspecified atom stereocenters. The Balaban J connectivity index is 1.40. The fourth-order valence-electron chi connectivity index (χ4n) is 4.11. The number of nitrogens with zero attached hydrogens (tertiary/aromatic N) is 5. The number of benzene rings is 1. The largest absolute Gasteiger partial charge is 0.350 e. The van der Waals surface area contributed by atoms with Crippen LogP contribution in [0.2, 0.25) is 0 Å². The molecule has 162 valence electrons. The number of alkyl halides is 2. The first-order valence-corrected chi connectivity index (χ1v) is 10.4. The Bertz CT molecular complexity index is 1190. The van der Waals surface area contributed by atoms with E-state index >= 15 is 0 Å². The third-order valence-electron chi connectivity index (χ3n) is 6.02. The van der Waals surface area contributed by atoms with Crippen LogP contribution in [0.15, 0.2) is 47.4 Å². The predicted molar refractivity (Wildman–Crippen MR) is 112 cm³/mol. The maximum Gasteiger partial charge on any atom is 0.350 e. The van der Waals surface area contributed by atoms with Gasteiger partial charge in [0.1, 0.15) is 0 Å². The van der Waals surface area contributed by atoms with E-state index in [9.17, 15) is 18.4 Å². The summed E-state index contributed by atoms with van der Waals surface area (Å²) in [5.41, 5.74) is 2.74. The average molecular weight is 427 g/mol. The molecule has 1 amide bonds. The first-order valence-electron chi connectivity index (χ1n) is 10.4. The van der Waals surface area contributed by atoms with E-state index in [-0.39, 0.29) is 37.5 Å². The molecule has 1 saturated heterocycles. The maximum absolute atomic E-state index is 13.4. The summed E-state index contributed by atoms with van der Waals surface area (Å²) in [4.78, 5) is 28.5. The molecular weight excluding hydrogens is 404 g/mol. The summed E-state index contributed by atoms with van der Waals surface area (Å²) in [6.45, 7) is 0.149. The van der Waals surface area contributed by atoms with Crippen molar-refractivity contribution in [3.8, 4) is 0 Å². The van der Waals surface area contributed by atoms with Gasteiger partial charge in [0, 0.05) is 68.2 Å². The smallest absolute Gasteiger partial charge is 0.338 e. The Morgan fingerprint density at radius 3 is 2.42 bits per heavy atom. The van der Waals surface area contributed by atoms with Gasteiger partial charge in [0.25, 0.3) is 11.8 Å². The lowest BCUT2D eigenvalue weighted by molar-refractivity contribution is -0.0494. The Kier molecular flexibility index (Phi) is 4.56. The lowest BCUT2D eigenvalue weighted by Crippen LogP contribution is -2.42. The summed E-state index contributed by atoms with van der Waals surface area (Å²) in [5.74, 6) is -2.89. The van der Waals surface area contributed by atoms with Crippen LogP contribution in [0.25, 0.3) is 5.65 Å². The van der Waals surface area contributed by atoms with Gasteiger partial charge in [-0.3, -0.25) is 9.20 Å². The second-order valence-corrected chi connectivity index (χ2v) is 8.32. The molecule has 1 aliphatic carbocycles. The molecule has 3 heterocycles. The van der Waals surface area contributed by atoms with Gasteiger partial charge in [-0.2, -0.15) is 5.10 Å². The van der Waals surface area contributed by atoms with E-state index in [1.807, 2.05) is 24.3 Å².